The number of para-hydroxylation sites is 2. The van der Waals surface area contributed by atoms with Crippen LogP contribution in [0.25, 0.3) is 76.8 Å². The summed E-state index contributed by atoms with van der Waals surface area (Å²) in [5.41, 5.74) is 7.02. The standard InChI is InChI=1S/C30H16N2O2/c1-3-9-24-20(7-1)22-15-23-21-8-2-4-10-25(21)34-30(23)26(29(22)33-24)19-14-18-12-11-17-6-5-13-31-27(17)28(18)32-16-19/h1-16H. The van der Waals surface area contributed by atoms with E-state index in [1.807, 2.05) is 54.9 Å². The van der Waals surface area contributed by atoms with Gasteiger partial charge in [0.2, 0.25) is 0 Å². The van der Waals surface area contributed by atoms with Crippen LogP contribution in [0.2, 0.25) is 0 Å². The highest BCUT2D eigenvalue weighted by Gasteiger charge is 2.21. The average molecular weight is 436 g/mol. The summed E-state index contributed by atoms with van der Waals surface area (Å²) in [5.74, 6) is 0. The van der Waals surface area contributed by atoms with Crippen LogP contribution in [0.3, 0.4) is 0 Å². The Labute approximate surface area is 193 Å². The molecule has 0 saturated heterocycles. The van der Waals surface area contributed by atoms with Gasteiger partial charge in [-0.15, -0.1) is 0 Å². The third-order valence-electron chi connectivity index (χ3n) is 6.72. The minimum atomic E-state index is 0.813. The zero-order valence-corrected chi connectivity index (χ0v) is 17.9. The first-order valence-corrected chi connectivity index (χ1v) is 11.2. The van der Waals surface area contributed by atoms with Crippen molar-refractivity contribution >= 4 is 65.7 Å². The second kappa shape index (κ2) is 6.42. The topological polar surface area (TPSA) is 52.1 Å². The van der Waals surface area contributed by atoms with E-state index in [1.54, 1.807) is 0 Å². The van der Waals surface area contributed by atoms with Crippen molar-refractivity contribution < 1.29 is 8.83 Å². The Balaban J connectivity index is 1.54. The van der Waals surface area contributed by atoms with Gasteiger partial charge >= 0.3 is 0 Å². The lowest BCUT2D eigenvalue weighted by molar-refractivity contribution is 0.658. The van der Waals surface area contributed by atoms with Gasteiger partial charge in [0.05, 0.1) is 16.6 Å². The molecule has 4 heterocycles. The molecule has 158 valence electrons. The number of hydrogen-bond donors (Lipinski definition) is 0. The summed E-state index contributed by atoms with van der Waals surface area (Å²) in [7, 11) is 0. The Morgan fingerprint density at radius 2 is 1.18 bits per heavy atom. The minimum absolute atomic E-state index is 0.813. The molecule has 4 nitrogen and oxygen atoms in total. The van der Waals surface area contributed by atoms with Crippen molar-refractivity contribution in [3.8, 4) is 11.1 Å². The first-order chi connectivity index (χ1) is 16.8. The van der Waals surface area contributed by atoms with Gasteiger partial charge in [-0.2, -0.15) is 0 Å². The quantitative estimate of drug-likeness (QED) is 0.243. The van der Waals surface area contributed by atoms with Crippen LogP contribution in [0.1, 0.15) is 0 Å². The number of nitrogens with zero attached hydrogens (tertiary/aromatic N) is 2. The molecule has 4 aromatic carbocycles. The lowest BCUT2D eigenvalue weighted by Gasteiger charge is -2.07. The van der Waals surface area contributed by atoms with E-state index in [0.717, 1.165) is 76.8 Å². The van der Waals surface area contributed by atoms with Crippen molar-refractivity contribution in [3.05, 3.63) is 97.3 Å². The predicted octanol–water partition coefficient (Wildman–Crippen LogP) is 8.25. The molecular formula is C30H16N2O2. The minimum Gasteiger partial charge on any atom is -0.455 e. The molecule has 0 unspecified atom stereocenters. The number of pyridine rings is 2. The summed E-state index contributed by atoms with van der Waals surface area (Å²) < 4.78 is 12.8. The maximum atomic E-state index is 6.42. The van der Waals surface area contributed by atoms with Crippen LogP contribution in [0, 0.1) is 0 Å². The molecule has 4 heteroatoms. The Bertz CT molecular complexity index is 1990. The Hall–Kier alpha value is -4.70. The van der Waals surface area contributed by atoms with Crippen molar-refractivity contribution in [3.63, 3.8) is 0 Å². The van der Waals surface area contributed by atoms with Gasteiger partial charge in [-0.1, -0.05) is 54.6 Å². The molecule has 8 rings (SSSR count). The highest BCUT2D eigenvalue weighted by molar-refractivity contribution is 6.22. The molecule has 0 bridgehead atoms. The Morgan fingerprint density at radius 1 is 0.529 bits per heavy atom. The van der Waals surface area contributed by atoms with Gasteiger partial charge in [0.25, 0.3) is 0 Å². The largest absolute Gasteiger partial charge is 0.455 e. The van der Waals surface area contributed by atoms with Gasteiger partial charge in [0, 0.05) is 50.3 Å². The van der Waals surface area contributed by atoms with E-state index < -0.39 is 0 Å². The van der Waals surface area contributed by atoms with Gasteiger partial charge in [-0.3, -0.25) is 9.97 Å². The van der Waals surface area contributed by atoms with E-state index in [0.29, 0.717) is 0 Å². The lowest BCUT2D eigenvalue weighted by Crippen LogP contribution is -1.88. The first kappa shape index (κ1) is 17.8. The second-order valence-corrected chi connectivity index (χ2v) is 8.64. The summed E-state index contributed by atoms with van der Waals surface area (Å²) in [6.07, 6.45) is 3.72. The molecule has 34 heavy (non-hydrogen) atoms. The summed E-state index contributed by atoms with van der Waals surface area (Å²) in [6, 6.07) is 28.9. The molecule has 0 aliphatic rings. The first-order valence-electron chi connectivity index (χ1n) is 11.2. The molecule has 0 saturated carbocycles. The predicted molar refractivity (Wildman–Crippen MR) is 137 cm³/mol. The molecule has 0 aliphatic heterocycles. The fourth-order valence-corrected chi connectivity index (χ4v) is 5.17. The summed E-state index contributed by atoms with van der Waals surface area (Å²) in [6.45, 7) is 0. The number of rotatable bonds is 1. The van der Waals surface area contributed by atoms with Crippen molar-refractivity contribution in [1.82, 2.24) is 9.97 Å². The third-order valence-corrected chi connectivity index (χ3v) is 6.72. The van der Waals surface area contributed by atoms with Gasteiger partial charge < -0.3 is 8.83 Å². The summed E-state index contributed by atoms with van der Waals surface area (Å²) in [4.78, 5) is 9.43. The second-order valence-electron chi connectivity index (χ2n) is 8.64. The fourth-order valence-electron chi connectivity index (χ4n) is 5.17. The maximum Gasteiger partial charge on any atom is 0.147 e. The van der Waals surface area contributed by atoms with Crippen molar-refractivity contribution in [1.29, 1.82) is 0 Å². The number of aromatic nitrogens is 2. The third kappa shape index (κ3) is 2.32. The molecule has 8 aromatic rings. The highest BCUT2D eigenvalue weighted by Crippen LogP contribution is 2.44. The fraction of sp³-hybridized carbons (Fsp3) is 0. The number of hydrogen-bond acceptors (Lipinski definition) is 4. The molecule has 0 aliphatic carbocycles. The van der Waals surface area contributed by atoms with Crippen LogP contribution in [-0.4, -0.2) is 9.97 Å². The average Bonchev–Trinajstić information content (AvgIpc) is 3.45. The monoisotopic (exact) mass is 436 g/mol. The van der Waals surface area contributed by atoms with Gasteiger partial charge in [-0.05, 0) is 30.3 Å². The molecule has 0 atom stereocenters. The van der Waals surface area contributed by atoms with E-state index in [4.69, 9.17) is 13.8 Å². The van der Waals surface area contributed by atoms with E-state index in [-0.39, 0.29) is 0 Å². The van der Waals surface area contributed by atoms with Crippen molar-refractivity contribution in [2.24, 2.45) is 0 Å². The van der Waals surface area contributed by atoms with Crippen LogP contribution in [0.4, 0.5) is 0 Å². The summed E-state index contributed by atoms with van der Waals surface area (Å²) >= 11 is 0. The van der Waals surface area contributed by atoms with E-state index in [9.17, 15) is 0 Å². The molecule has 0 fully saturated rings. The van der Waals surface area contributed by atoms with Crippen molar-refractivity contribution in [2.45, 2.75) is 0 Å². The number of benzene rings is 4. The molecule has 0 amide bonds. The SMILES string of the molecule is c1cnc2c(c1)ccc1cc(-c3c4oc5ccccc5c4cc4c3oc3ccccc34)cnc12. The number of fused-ring (bicyclic) bond motifs is 9. The Morgan fingerprint density at radius 3 is 1.91 bits per heavy atom. The molecule has 0 radical (unpaired) electrons. The van der Waals surface area contributed by atoms with E-state index in [2.05, 4.69) is 47.4 Å². The lowest BCUT2D eigenvalue weighted by atomic mass is 9.98. The van der Waals surface area contributed by atoms with Gasteiger partial charge in [0.15, 0.2) is 0 Å². The molecule has 0 N–H and O–H groups in total. The highest BCUT2D eigenvalue weighted by atomic mass is 16.3. The van der Waals surface area contributed by atoms with Gasteiger partial charge in [0.1, 0.15) is 22.3 Å². The zero-order valence-electron chi connectivity index (χ0n) is 17.9. The van der Waals surface area contributed by atoms with E-state index in [1.165, 1.54) is 0 Å². The van der Waals surface area contributed by atoms with Crippen LogP contribution in [0.15, 0.2) is 106 Å². The normalized spacial score (nSPS) is 12.1. The zero-order chi connectivity index (χ0) is 22.2. The van der Waals surface area contributed by atoms with Crippen LogP contribution in [-0.2, 0) is 0 Å². The molecule has 4 aromatic heterocycles. The van der Waals surface area contributed by atoms with Crippen LogP contribution >= 0.6 is 0 Å². The van der Waals surface area contributed by atoms with Crippen molar-refractivity contribution in [2.75, 3.05) is 0 Å². The van der Waals surface area contributed by atoms with Crippen LogP contribution in [0.5, 0.6) is 0 Å². The van der Waals surface area contributed by atoms with Crippen LogP contribution < -0.4 is 0 Å². The van der Waals surface area contributed by atoms with E-state index >= 15 is 0 Å². The maximum absolute atomic E-state index is 6.42. The molecule has 0 spiro atoms. The number of furan rings is 2. The van der Waals surface area contributed by atoms with Gasteiger partial charge in [-0.25, -0.2) is 0 Å². The Kier molecular flexibility index (Phi) is 3.36. The smallest absolute Gasteiger partial charge is 0.147 e. The molecular weight excluding hydrogens is 420 g/mol. The summed E-state index contributed by atoms with van der Waals surface area (Å²) in [5, 5.41) is 6.44.